The Labute approximate surface area is 205 Å². The lowest BCUT2D eigenvalue weighted by molar-refractivity contribution is 0.181. The number of thiophene rings is 1. The molecule has 0 aliphatic heterocycles. The summed E-state index contributed by atoms with van der Waals surface area (Å²) in [4.78, 5) is 17.8. The smallest absolute Gasteiger partial charge is 0.398 e. The third-order valence-corrected chi connectivity index (χ3v) is 7.06. The van der Waals surface area contributed by atoms with E-state index in [0.717, 1.165) is 29.1 Å². The van der Waals surface area contributed by atoms with Crippen LogP contribution in [0.1, 0.15) is 49.9 Å². The van der Waals surface area contributed by atoms with Gasteiger partial charge in [-0.15, -0.1) is 11.3 Å². The molecule has 2 heterocycles. The summed E-state index contributed by atoms with van der Waals surface area (Å²) in [6.07, 6.45) is 4.54. The molecule has 2 aromatic heterocycles. The fraction of sp³-hybridized carbons (Fsp3) is 0.417. The maximum absolute atomic E-state index is 15.2. The molecule has 7 nitrogen and oxygen atoms in total. The molecule has 0 unspecified atom stereocenters. The molecule has 1 aromatic carbocycles. The molecule has 10 heteroatoms. The molecule has 0 radical (unpaired) electrons. The van der Waals surface area contributed by atoms with Crippen LogP contribution in [0.15, 0.2) is 36.7 Å². The van der Waals surface area contributed by atoms with Gasteiger partial charge in [0, 0.05) is 41.5 Å². The maximum Gasteiger partial charge on any atom is 0.429 e. The van der Waals surface area contributed by atoms with E-state index in [9.17, 15) is 13.2 Å². The van der Waals surface area contributed by atoms with Crippen molar-refractivity contribution in [1.82, 2.24) is 13.9 Å². The first kappa shape index (κ1) is 25.9. The Bertz CT molecular complexity index is 1210. The zero-order valence-electron chi connectivity index (χ0n) is 19.8. The van der Waals surface area contributed by atoms with E-state index in [0.29, 0.717) is 34.3 Å². The molecule has 0 saturated heterocycles. The summed E-state index contributed by atoms with van der Waals surface area (Å²) in [6, 6.07) is 6.77. The first-order valence-corrected chi connectivity index (χ1v) is 13.2. The Morgan fingerprint density at radius 1 is 1.26 bits per heavy atom. The number of ether oxygens (including phenoxy) is 1. The fourth-order valence-electron chi connectivity index (χ4n) is 3.51. The minimum Gasteiger partial charge on any atom is -0.398 e. The van der Waals surface area contributed by atoms with Crippen LogP contribution in [-0.2, 0) is 23.9 Å². The van der Waals surface area contributed by atoms with Crippen LogP contribution in [0.3, 0.4) is 0 Å². The van der Waals surface area contributed by atoms with Gasteiger partial charge in [-0.25, -0.2) is 26.9 Å². The van der Waals surface area contributed by atoms with Gasteiger partial charge < -0.3 is 9.30 Å². The van der Waals surface area contributed by atoms with E-state index in [-0.39, 0.29) is 11.6 Å². The van der Waals surface area contributed by atoms with Gasteiger partial charge in [0.15, 0.2) is 5.06 Å². The van der Waals surface area contributed by atoms with Gasteiger partial charge in [-0.1, -0.05) is 39.3 Å². The second-order valence-electron chi connectivity index (χ2n) is 8.51. The lowest BCUT2D eigenvalue weighted by Gasteiger charge is -2.15. The van der Waals surface area contributed by atoms with Gasteiger partial charge in [-0.3, -0.25) is 0 Å². The molecule has 0 fully saturated rings. The molecule has 0 saturated carbocycles. The van der Waals surface area contributed by atoms with Crippen molar-refractivity contribution < 1.29 is 22.3 Å². The Morgan fingerprint density at radius 3 is 2.62 bits per heavy atom. The monoisotopic (exact) mass is 507 g/mol. The molecular weight excluding hydrogens is 477 g/mol. The van der Waals surface area contributed by atoms with E-state index in [4.69, 9.17) is 4.74 Å². The topological polar surface area (TPSA) is 81.5 Å². The second-order valence-corrected chi connectivity index (χ2v) is 10.6. The third-order valence-electron chi connectivity index (χ3n) is 5.27. The summed E-state index contributed by atoms with van der Waals surface area (Å²) in [5.74, 6) is 0.733. The molecule has 0 spiro atoms. The Kier molecular flexibility index (Phi) is 8.84. The number of aromatic nitrogens is 2. The van der Waals surface area contributed by atoms with Crippen molar-refractivity contribution in [2.24, 2.45) is 5.92 Å². The van der Waals surface area contributed by atoms with Gasteiger partial charge in [0.05, 0.1) is 0 Å². The summed E-state index contributed by atoms with van der Waals surface area (Å²) in [7, 11) is -3.13. The molecule has 0 N–H and O–H groups in total. The zero-order valence-corrected chi connectivity index (χ0v) is 21.5. The van der Waals surface area contributed by atoms with E-state index in [2.05, 4.69) is 18.8 Å². The number of unbranched alkanes of at least 4 members (excludes halogenated alkanes) is 1. The molecule has 0 aliphatic carbocycles. The lowest BCUT2D eigenvalue weighted by atomic mass is 10.0. The summed E-state index contributed by atoms with van der Waals surface area (Å²) in [5, 5.41) is 0.191. The highest BCUT2D eigenvalue weighted by atomic mass is 32.2. The van der Waals surface area contributed by atoms with E-state index in [1.165, 1.54) is 17.4 Å². The maximum atomic E-state index is 15.2. The number of carbonyl (C=O) groups is 1. The van der Waals surface area contributed by atoms with Crippen molar-refractivity contribution in [3.05, 3.63) is 58.7 Å². The zero-order chi connectivity index (χ0) is 24.8. The number of carbonyl (C=O) groups excluding carboxylic acids is 1. The van der Waals surface area contributed by atoms with Crippen LogP contribution in [-0.4, -0.2) is 34.9 Å². The average molecular weight is 508 g/mol. The highest BCUT2D eigenvalue weighted by Crippen LogP contribution is 2.41. The molecule has 0 atom stereocenters. The minimum atomic E-state index is -3.13. The molecule has 3 rings (SSSR count). The molecular formula is C24H30FN3O4S2. The largest absolute Gasteiger partial charge is 0.429 e. The number of thiol groups is 1. The van der Waals surface area contributed by atoms with E-state index < -0.39 is 22.8 Å². The van der Waals surface area contributed by atoms with E-state index >= 15 is 4.39 Å². The van der Waals surface area contributed by atoms with Gasteiger partial charge in [-0.05, 0) is 43.4 Å². The van der Waals surface area contributed by atoms with Crippen LogP contribution in [0, 0.1) is 18.7 Å². The molecule has 184 valence electrons. The minimum absolute atomic E-state index is 0.0460. The number of hydrogen-bond donors (Lipinski definition) is 1. The second kappa shape index (κ2) is 11.6. The van der Waals surface area contributed by atoms with Crippen LogP contribution in [0.25, 0.3) is 11.1 Å². The summed E-state index contributed by atoms with van der Waals surface area (Å²) < 4.78 is 46.5. The Morgan fingerprint density at radius 2 is 2.03 bits per heavy atom. The lowest BCUT2D eigenvalue weighted by Crippen LogP contribution is -2.33. The highest BCUT2D eigenvalue weighted by molar-refractivity contribution is 7.70. The number of imidazole rings is 1. The number of rotatable bonds is 10. The van der Waals surface area contributed by atoms with Crippen molar-refractivity contribution in [2.45, 2.75) is 53.5 Å². The van der Waals surface area contributed by atoms with Crippen molar-refractivity contribution in [3.63, 3.8) is 0 Å². The van der Waals surface area contributed by atoms with Crippen LogP contribution < -0.4 is 4.74 Å². The summed E-state index contributed by atoms with van der Waals surface area (Å²) >= 11 is 1.24. The first-order chi connectivity index (χ1) is 16.2. The number of aryl methyl sites for hydroxylation is 1. The number of benzene rings is 1. The number of hydrogen-bond acceptors (Lipinski definition) is 6. The molecule has 34 heavy (non-hydrogen) atoms. The Hall–Kier alpha value is -2.72. The van der Waals surface area contributed by atoms with Gasteiger partial charge in [0.25, 0.3) is 0 Å². The molecule has 1 amide bonds. The van der Waals surface area contributed by atoms with Crippen LogP contribution >= 0.6 is 11.3 Å². The predicted molar refractivity (Wildman–Crippen MR) is 132 cm³/mol. The number of amides is 1. The van der Waals surface area contributed by atoms with Gasteiger partial charge >= 0.3 is 6.09 Å². The highest BCUT2D eigenvalue weighted by Gasteiger charge is 2.23. The average Bonchev–Trinajstić information content (AvgIpc) is 3.33. The van der Waals surface area contributed by atoms with Crippen molar-refractivity contribution >= 4 is 28.3 Å². The predicted octanol–water partition coefficient (Wildman–Crippen LogP) is 5.43. The Balaban J connectivity index is 1.93. The van der Waals surface area contributed by atoms with Gasteiger partial charge in [0.1, 0.15) is 11.6 Å². The van der Waals surface area contributed by atoms with Crippen LogP contribution in [0.4, 0.5) is 9.18 Å². The number of nitrogens with zero attached hydrogens (tertiary/aromatic N) is 3. The van der Waals surface area contributed by atoms with Crippen molar-refractivity contribution in [2.75, 3.05) is 6.54 Å². The standard InChI is InChI=1S/C24H30FN3O4S2/c1-5-6-10-28(34(30)31)24(29)32-23-21(14-19(33-23)12-16(2)3)20-8-7-18(13-22(20)25)15-27-11-9-26-17(27)4/h7-9,11,13-14,16,34H,5-6,10,12,15H2,1-4H3. The van der Waals surface area contributed by atoms with Crippen molar-refractivity contribution in [3.8, 4) is 16.2 Å². The van der Waals surface area contributed by atoms with Crippen molar-refractivity contribution in [1.29, 1.82) is 0 Å². The fourth-order valence-corrected chi connectivity index (χ4v) is 5.21. The SMILES string of the molecule is CCCCN(C(=O)Oc1sc(CC(C)C)cc1-c1ccc(Cn2ccnc2C)cc1F)[SH](=O)=O. The van der Waals surface area contributed by atoms with Gasteiger partial charge in [0.2, 0.25) is 10.9 Å². The third kappa shape index (κ3) is 6.44. The quantitative estimate of drug-likeness (QED) is 0.370. The van der Waals surface area contributed by atoms with Crippen LogP contribution in [0.5, 0.6) is 5.06 Å². The summed E-state index contributed by atoms with van der Waals surface area (Å²) in [6.45, 7) is 8.44. The van der Waals surface area contributed by atoms with E-state index in [1.807, 2.05) is 36.7 Å². The number of halogens is 1. The first-order valence-electron chi connectivity index (χ1n) is 11.2. The van der Waals surface area contributed by atoms with Crippen LogP contribution in [0.2, 0.25) is 0 Å². The molecule has 0 aliphatic rings. The summed E-state index contributed by atoms with van der Waals surface area (Å²) in [5.41, 5.74) is 1.51. The normalized spacial score (nSPS) is 11.4. The van der Waals surface area contributed by atoms with E-state index in [1.54, 1.807) is 12.3 Å². The molecule has 3 aromatic rings. The van der Waals surface area contributed by atoms with Gasteiger partial charge in [-0.2, -0.15) is 0 Å². The molecule has 0 bridgehead atoms.